The summed E-state index contributed by atoms with van der Waals surface area (Å²) in [5, 5.41) is 0.0662. The van der Waals surface area contributed by atoms with Crippen molar-refractivity contribution < 1.29 is 9.18 Å². The van der Waals surface area contributed by atoms with E-state index in [4.69, 9.17) is 0 Å². The Morgan fingerprint density at radius 1 is 0.920 bits per heavy atom. The fourth-order valence-corrected chi connectivity index (χ4v) is 8.88. The lowest BCUT2D eigenvalue weighted by Crippen LogP contribution is -2.43. The zero-order valence-electron chi connectivity index (χ0n) is 28.1. The molecular formula is C39H41FN6O3S. The number of benzene rings is 2. The second-order valence-electron chi connectivity index (χ2n) is 13.9. The van der Waals surface area contributed by atoms with Gasteiger partial charge >= 0.3 is 5.69 Å². The Morgan fingerprint density at radius 3 is 2.50 bits per heavy atom. The van der Waals surface area contributed by atoms with Gasteiger partial charge in [0, 0.05) is 62.8 Å². The van der Waals surface area contributed by atoms with E-state index in [1.54, 1.807) is 0 Å². The Labute approximate surface area is 294 Å². The van der Waals surface area contributed by atoms with Crippen LogP contribution in [0.4, 0.5) is 4.39 Å². The molecule has 0 atom stereocenters. The highest BCUT2D eigenvalue weighted by Crippen LogP contribution is 2.34. The van der Waals surface area contributed by atoms with Crippen molar-refractivity contribution >= 4 is 28.6 Å². The van der Waals surface area contributed by atoms with Crippen molar-refractivity contribution in [3.8, 4) is 16.8 Å². The number of halogens is 1. The van der Waals surface area contributed by atoms with Crippen molar-refractivity contribution in [2.24, 2.45) is 5.92 Å². The Morgan fingerprint density at radius 2 is 1.72 bits per heavy atom. The monoisotopic (exact) mass is 692 g/mol. The summed E-state index contributed by atoms with van der Waals surface area (Å²) in [7, 11) is 0. The molecule has 50 heavy (non-hydrogen) atoms. The van der Waals surface area contributed by atoms with E-state index < -0.39 is 17.1 Å². The molecule has 5 aromatic rings. The Bertz CT molecular complexity index is 2140. The minimum absolute atomic E-state index is 0.0535. The summed E-state index contributed by atoms with van der Waals surface area (Å²) in [5.41, 5.74) is 3.41. The van der Waals surface area contributed by atoms with Gasteiger partial charge in [0.05, 0.1) is 17.3 Å². The number of carbonyl (C=O) groups is 1. The van der Waals surface area contributed by atoms with Gasteiger partial charge in [-0.05, 0) is 79.3 Å². The highest BCUT2D eigenvalue weighted by molar-refractivity contribution is 7.99. The number of hydrogen-bond acceptors (Lipinski definition) is 7. The van der Waals surface area contributed by atoms with E-state index in [0.29, 0.717) is 43.5 Å². The van der Waals surface area contributed by atoms with Crippen LogP contribution in [0.1, 0.15) is 72.9 Å². The second kappa shape index (κ2) is 14.1. The Balaban J connectivity index is 1.05. The number of nitrogens with zero attached hydrogens (tertiary/aromatic N) is 6. The van der Waals surface area contributed by atoms with Gasteiger partial charge in [-0.3, -0.25) is 19.1 Å². The number of aryl methyl sites for hydroxylation is 2. The molecule has 258 valence electrons. The zero-order chi connectivity index (χ0) is 34.2. The minimum Gasteiger partial charge on any atom is -0.334 e. The van der Waals surface area contributed by atoms with Crippen molar-refractivity contribution in [2.45, 2.75) is 70.5 Å². The number of ketones is 1. The van der Waals surface area contributed by atoms with Gasteiger partial charge in [-0.1, -0.05) is 36.4 Å². The van der Waals surface area contributed by atoms with E-state index in [2.05, 4.69) is 43.7 Å². The lowest BCUT2D eigenvalue weighted by Gasteiger charge is -2.29. The first-order valence-corrected chi connectivity index (χ1v) is 19.0. The maximum absolute atomic E-state index is 14.5. The van der Waals surface area contributed by atoms with Crippen LogP contribution in [0.15, 0.2) is 76.6 Å². The molecule has 2 fully saturated rings. The SMILES string of the molecule is O=C(CC1CCC(n2c(=O)c3cc(F)cnc3n(-c3cccc(-c4ccc(CN5CCSCC5)cc4)c3)c2=O)CC1)c1cn2c(n1)CCCC2. The number of carbonyl (C=O) groups excluding carboxylic acids is 1. The van der Waals surface area contributed by atoms with Crippen molar-refractivity contribution in [3.63, 3.8) is 0 Å². The van der Waals surface area contributed by atoms with Crippen LogP contribution in [0.25, 0.3) is 27.8 Å². The molecule has 1 aliphatic carbocycles. The van der Waals surface area contributed by atoms with Crippen LogP contribution >= 0.6 is 11.8 Å². The fraction of sp³-hybridized carbons (Fsp3) is 0.410. The van der Waals surface area contributed by atoms with Crippen LogP contribution < -0.4 is 11.2 Å². The number of aromatic nitrogens is 5. The topological polar surface area (TPSA) is 95.0 Å². The van der Waals surface area contributed by atoms with Crippen LogP contribution in [0.5, 0.6) is 0 Å². The highest BCUT2D eigenvalue weighted by Gasteiger charge is 2.29. The van der Waals surface area contributed by atoms with Gasteiger partial charge in [-0.25, -0.2) is 23.7 Å². The van der Waals surface area contributed by atoms with Crippen LogP contribution in [0, 0.1) is 11.7 Å². The minimum atomic E-state index is -0.633. The van der Waals surface area contributed by atoms with E-state index in [1.807, 2.05) is 42.2 Å². The van der Waals surface area contributed by atoms with Crippen LogP contribution in [0.2, 0.25) is 0 Å². The third-order valence-corrected chi connectivity index (χ3v) is 11.6. The summed E-state index contributed by atoms with van der Waals surface area (Å²) in [6, 6.07) is 17.0. The molecule has 0 unspecified atom stereocenters. The predicted molar refractivity (Wildman–Crippen MR) is 195 cm³/mol. The maximum Gasteiger partial charge on any atom is 0.337 e. The zero-order valence-corrected chi connectivity index (χ0v) is 28.9. The van der Waals surface area contributed by atoms with Gasteiger partial charge in [0.1, 0.15) is 17.3 Å². The molecule has 9 nitrogen and oxygen atoms in total. The first-order valence-electron chi connectivity index (χ1n) is 17.8. The average molecular weight is 693 g/mol. The molecule has 11 heteroatoms. The third-order valence-electron chi connectivity index (χ3n) is 10.6. The van der Waals surface area contributed by atoms with Gasteiger partial charge in [-0.15, -0.1) is 0 Å². The molecular weight excluding hydrogens is 652 g/mol. The van der Waals surface area contributed by atoms with E-state index in [-0.39, 0.29) is 28.8 Å². The lowest BCUT2D eigenvalue weighted by atomic mass is 9.82. The molecule has 1 saturated carbocycles. The van der Waals surface area contributed by atoms with Crippen LogP contribution in [-0.2, 0) is 19.5 Å². The number of pyridine rings is 1. The quantitative estimate of drug-likeness (QED) is 0.173. The molecule has 2 aliphatic heterocycles. The van der Waals surface area contributed by atoms with E-state index in [1.165, 1.54) is 32.3 Å². The molecule has 5 heterocycles. The first-order chi connectivity index (χ1) is 24.4. The van der Waals surface area contributed by atoms with Crippen molar-refractivity contribution in [1.29, 1.82) is 0 Å². The summed E-state index contributed by atoms with van der Waals surface area (Å²) >= 11 is 2.00. The molecule has 1 saturated heterocycles. The van der Waals surface area contributed by atoms with E-state index >= 15 is 0 Å². The predicted octanol–water partition coefficient (Wildman–Crippen LogP) is 6.44. The van der Waals surface area contributed by atoms with Gasteiger partial charge in [0.2, 0.25) is 0 Å². The van der Waals surface area contributed by atoms with Crippen molar-refractivity contribution in [2.75, 3.05) is 24.6 Å². The summed E-state index contributed by atoms with van der Waals surface area (Å²) in [6.45, 7) is 4.04. The lowest BCUT2D eigenvalue weighted by molar-refractivity contribution is 0.0938. The summed E-state index contributed by atoms with van der Waals surface area (Å²) in [6.07, 6.45) is 9.02. The van der Waals surface area contributed by atoms with E-state index in [9.17, 15) is 18.8 Å². The van der Waals surface area contributed by atoms with Crippen LogP contribution in [-0.4, -0.2) is 58.9 Å². The average Bonchev–Trinajstić information content (AvgIpc) is 3.59. The van der Waals surface area contributed by atoms with Gasteiger partial charge in [-0.2, -0.15) is 11.8 Å². The fourth-order valence-electron chi connectivity index (χ4n) is 7.90. The summed E-state index contributed by atoms with van der Waals surface area (Å²) in [5.74, 6) is 2.91. The molecule has 2 aromatic carbocycles. The van der Waals surface area contributed by atoms with E-state index in [0.717, 1.165) is 68.6 Å². The molecule has 0 bridgehead atoms. The molecule has 0 radical (unpaired) electrons. The number of fused-ring (bicyclic) bond motifs is 2. The standard InChI is InChI=1S/C39H41FN6O3S/c40-30-22-33-37(41-23-30)45(32-5-3-4-29(21-32)28-11-7-27(8-12-28)24-43-16-18-50-19-17-43)39(49)46(38(33)48)31-13-9-26(10-14-31)20-35(47)34-25-44-15-2-1-6-36(44)42-34/h3-5,7-8,11-12,21-23,25-26,31H,1-2,6,9-10,13-20,24H2. The molecule has 3 aromatic heterocycles. The normalized spacial score (nSPS) is 19.8. The van der Waals surface area contributed by atoms with Gasteiger partial charge < -0.3 is 4.57 Å². The van der Waals surface area contributed by atoms with Gasteiger partial charge in [0.25, 0.3) is 5.56 Å². The van der Waals surface area contributed by atoms with Gasteiger partial charge in [0.15, 0.2) is 11.4 Å². The number of rotatable bonds is 8. The number of imidazole rings is 1. The molecule has 0 amide bonds. The molecule has 8 rings (SSSR count). The van der Waals surface area contributed by atoms with Crippen molar-refractivity contribution in [3.05, 3.63) is 111 Å². The molecule has 3 aliphatic rings. The summed E-state index contributed by atoms with van der Waals surface area (Å²) < 4.78 is 19.4. The highest BCUT2D eigenvalue weighted by atomic mass is 32.2. The Kier molecular flexibility index (Phi) is 9.26. The number of Topliss-reactive ketones (excluding diaryl/α,β-unsaturated/α-hetero) is 1. The van der Waals surface area contributed by atoms with Crippen molar-refractivity contribution in [1.82, 2.24) is 28.6 Å². The second-order valence-corrected chi connectivity index (χ2v) is 15.2. The summed E-state index contributed by atoms with van der Waals surface area (Å²) in [4.78, 5) is 52.7. The molecule has 0 N–H and O–H groups in total. The smallest absolute Gasteiger partial charge is 0.334 e. The number of thioether (sulfide) groups is 1. The third kappa shape index (κ3) is 6.60. The van der Waals surface area contributed by atoms with Crippen LogP contribution in [0.3, 0.4) is 0 Å². The first kappa shape index (κ1) is 32.8. The number of hydrogen-bond donors (Lipinski definition) is 0. The largest absolute Gasteiger partial charge is 0.337 e. The Hall–Kier alpha value is -4.35. The molecule has 0 spiro atoms. The maximum atomic E-state index is 14.5.